The fourth-order valence-corrected chi connectivity index (χ4v) is 7.99. The molecular weight excluding hydrogens is 402 g/mol. The first-order chi connectivity index (χ1) is 15.0. The van der Waals surface area contributed by atoms with Crippen molar-refractivity contribution in [2.45, 2.75) is 94.7 Å². The van der Waals surface area contributed by atoms with Gasteiger partial charge in [-0.2, -0.15) is 0 Å². The van der Waals surface area contributed by atoms with Crippen LogP contribution in [0.4, 0.5) is 0 Å². The first kappa shape index (κ1) is 20.9. The van der Waals surface area contributed by atoms with E-state index in [1.54, 1.807) is 19.9 Å². The topological polar surface area (TPSA) is 85.7 Å². The molecule has 0 spiro atoms. The molecule has 1 aromatic carbocycles. The Morgan fingerprint density at radius 1 is 1.12 bits per heavy atom. The summed E-state index contributed by atoms with van der Waals surface area (Å²) in [5.41, 5.74) is 1.91. The molecule has 0 saturated heterocycles. The molecule has 5 nitrogen and oxygen atoms in total. The van der Waals surface area contributed by atoms with Crippen molar-refractivity contribution < 1.29 is 20.1 Å². The lowest BCUT2D eigenvalue weighted by atomic mass is 9.42. The van der Waals surface area contributed by atoms with Crippen LogP contribution >= 0.6 is 0 Å². The summed E-state index contributed by atoms with van der Waals surface area (Å²) in [5, 5.41) is 35.1. The number of hydrogen-bond donors (Lipinski definition) is 4. The van der Waals surface area contributed by atoms with Crippen molar-refractivity contribution in [3.63, 3.8) is 0 Å². The minimum atomic E-state index is -1.15. The predicted molar refractivity (Wildman–Crippen MR) is 123 cm³/mol. The van der Waals surface area contributed by atoms with Gasteiger partial charge in [0.05, 0.1) is 17.3 Å². The van der Waals surface area contributed by atoms with Gasteiger partial charge >= 0.3 is 0 Å². The molecule has 0 amide bonds. The molecule has 2 aromatic rings. The molecule has 32 heavy (non-hydrogen) atoms. The molecule has 0 radical (unpaired) electrons. The highest BCUT2D eigenvalue weighted by molar-refractivity contribution is 5.86. The van der Waals surface area contributed by atoms with Crippen molar-refractivity contribution in [3.8, 4) is 0 Å². The average molecular weight is 438 g/mol. The summed E-state index contributed by atoms with van der Waals surface area (Å²) < 4.78 is 6.25. The van der Waals surface area contributed by atoms with Gasteiger partial charge in [0.15, 0.2) is 0 Å². The lowest BCUT2D eigenvalue weighted by molar-refractivity contribution is -0.209. The van der Waals surface area contributed by atoms with E-state index in [4.69, 9.17) is 4.74 Å². The third kappa shape index (κ3) is 2.33. The lowest BCUT2D eigenvalue weighted by Crippen LogP contribution is -2.68. The van der Waals surface area contributed by atoms with E-state index in [2.05, 4.69) is 43.1 Å². The fraction of sp³-hybridized carbons (Fsp3) is 0.630. The van der Waals surface area contributed by atoms with Crippen LogP contribution < -0.4 is 0 Å². The number of benzene rings is 1. The zero-order chi connectivity index (χ0) is 22.7. The number of aromatic nitrogens is 1. The molecule has 3 aliphatic carbocycles. The molecule has 7 atom stereocenters. The van der Waals surface area contributed by atoms with E-state index < -0.39 is 23.4 Å². The maximum absolute atomic E-state index is 12.4. The van der Waals surface area contributed by atoms with Crippen LogP contribution in [-0.2, 0) is 16.6 Å². The Balaban J connectivity index is 1.49. The van der Waals surface area contributed by atoms with E-state index in [1.165, 1.54) is 22.2 Å². The van der Waals surface area contributed by atoms with Crippen LogP contribution in [0.3, 0.4) is 0 Å². The van der Waals surface area contributed by atoms with Crippen LogP contribution in [0.15, 0.2) is 35.9 Å². The highest BCUT2D eigenvalue weighted by Crippen LogP contribution is 2.69. The van der Waals surface area contributed by atoms with Gasteiger partial charge in [0.2, 0.25) is 0 Å². The summed E-state index contributed by atoms with van der Waals surface area (Å²) in [7, 11) is 0. The molecule has 0 unspecified atom stereocenters. The van der Waals surface area contributed by atoms with Crippen molar-refractivity contribution in [2.75, 3.05) is 0 Å². The largest absolute Gasteiger partial charge is 0.388 e. The third-order valence-electron chi connectivity index (χ3n) is 9.91. The normalized spacial score (nSPS) is 43.3. The van der Waals surface area contributed by atoms with Crippen LogP contribution in [0, 0.1) is 11.3 Å². The van der Waals surface area contributed by atoms with Gasteiger partial charge < -0.3 is 25.0 Å². The summed E-state index contributed by atoms with van der Waals surface area (Å²) in [6.07, 6.45) is 4.18. The number of ether oxygens (including phenoxy) is 1. The number of nitrogens with one attached hydrogen (secondary N) is 1. The number of aromatic amines is 1. The average Bonchev–Trinajstić information content (AvgIpc) is 3.24. The molecule has 6 rings (SSSR count). The van der Waals surface area contributed by atoms with Crippen LogP contribution in [0.25, 0.3) is 10.9 Å². The van der Waals surface area contributed by atoms with Crippen molar-refractivity contribution in [1.82, 2.24) is 4.98 Å². The zero-order valence-corrected chi connectivity index (χ0v) is 19.5. The first-order valence-corrected chi connectivity index (χ1v) is 12.1. The predicted octanol–water partition coefficient (Wildman–Crippen LogP) is 3.75. The van der Waals surface area contributed by atoms with Gasteiger partial charge in [-0.05, 0) is 75.1 Å². The Morgan fingerprint density at radius 3 is 2.62 bits per heavy atom. The van der Waals surface area contributed by atoms with E-state index in [0.717, 1.165) is 31.3 Å². The summed E-state index contributed by atoms with van der Waals surface area (Å²) in [5.74, 6) is 0.481. The molecule has 0 bridgehead atoms. The van der Waals surface area contributed by atoms with Crippen molar-refractivity contribution in [1.29, 1.82) is 0 Å². The molecule has 2 saturated carbocycles. The monoisotopic (exact) mass is 437 g/mol. The molecule has 4 N–H and O–H groups in total. The summed E-state index contributed by atoms with van der Waals surface area (Å²) in [6, 6.07) is 8.53. The number of para-hydroxylation sites is 1. The number of hydrogen-bond acceptors (Lipinski definition) is 4. The van der Waals surface area contributed by atoms with Gasteiger partial charge in [-0.3, -0.25) is 0 Å². The molecule has 1 aliphatic heterocycles. The molecule has 2 heterocycles. The summed E-state index contributed by atoms with van der Waals surface area (Å²) in [4.78, 5) is 3.75. The number of aliphatic hydroxyl groups is 3. The molecule has 2 fully saturated rings. The maximum atomic E-state index is 12.4. The molecule has 172 valence electrons. The Kier molecular flexibility index (Phi) is 4.09. The van der Waals surface area contributed by atoms with Crippen LogP contribution in [-0.4, -0.2) is 49.8 Å². The Labute approximate surface area is 189 Å². The lowest BCUT2D eigenvalue weighted by Gasteiger charge is -2.65. The fourth-order valence-electron chi connectivity index (χ4n) is 7.99. The number of fused-ring (bicyclic) bond motifs is 9. The highest BCUT2D eigenvalue weighted by atomic mass is 16.5. The number of H-pyrrole nitrogens is 1. The third-order valence-corrected chi connectivity index (χ3v) is 9.91. The SMILES string of the molecule is CC(C)(O)[C@H]1O[C@H]2CC[C@@]3(C)[C@@](O)(CC[C@H]4Cc5c([nH]c6ccccc56)[C@@]43C)C2=C[C@H]1O. The standard InChI is InChI=1S/C27H35NO4/c1-24(2,30)23-20(29)14-18-21(32-23)10-11-25(3)26(4)15(9-12-27(18,25)31)13-17-16-7-5-6-8-19(16)28-22(17)26/h5-8,14-15,20-21,23,28-31H,9-13H2,1-4H3/t15-,20+,21-,23-,25+,26+,27+/m0/s1. The van der Waals surface area contributed by atoms with E-state index >= 15 is 0 Å². The Morgan fingerprint density at radius 2 is 1.88 bits per heavy atom. The van der Waals surface area contributed by atoms with Crippen LogP contribution in [0.5, 0.6) is 0 Å². The zero-order valence-electron chi connectivity index (χ0n) is 19.5. The van der Waals surface area contributed by atoms with Crippen LogP contribution in [0.2, 0.25) is 0 Å². The molecule has 1 aromatic heterocycles. The van der Waals surface area contributed by atoms with Crippen molar-refractivity contribution >= 4 is 10.9 Å². The van der Waals surface area contributed by atoms with Gasteiger partial charge in [-0.25, -0.2) is 0 Å². The first-order valence-electron chi connectivity index (χ1n) is 12.1. The van der Waals surface area contributed by atoms with E-state index in [1.807, 2.05) is 0 Å². The second kappa shape index (κ2) is 6.26. The van der Waals surface area contributed by atoms with Gasteiger partial charge in [-0.15, -0.1) is 0 Å². The quantitative estimate of drug-likeness (QED) is 0.512. The second-order valence-corrected chi connectivity index (χ2v) is 11.7. The molecule has 4 aliphatic rings. The highest BCUT2D eigenvalue weighted by Gasteiger charge is 2.70. The van der Waals surface area contributed by atoms with Gasteiger partial charge in [-0.1, -0.05) is 32.0 Å². The smallest absolute Gasteiger partial charge is 0.116 e. The van der Waals surface area contributed by atoms with Crippen LogP contribution in [0.1, 0.15) is 64.6 Å². The van der Waals surface area contributed by atoms with E-state index in [0.29, 0.717) is 12.3 Å². The minimum absolute atomic E-state index is 0.196. The Bertz CT molecular complexity index is 1130. The summed E-state index contributed by atoms with van der Waals surface area (Å²) >= 11 is 0. The van der Waals surface area contributed by atoms with Gasteiger partial charge in [0, 0.05) is 27.4 Å². The van der Waals surface area contributed by atoms with E-state index in [-0.39, 0.29) is 16.9 Å². The van der Waals surface area contributed by atoms with Gasteiger partial charge in [0.25, 0.3) is 0 Å². The van der Waals surface area contributed by atoms with E-state index in [9.17, 15) is 15.3 Å². The van der Waals surface area contributed by atoms with Gasteiger partial charge in [0.1, 0.15) is 12.2 Å². The Hall–Kier alpha value is -1.66. The number of aliphatic hydroxyl groups excluding tert-OH is 1. The maximum Gasteiger partial charge on any atom is 0.116 e. The molecular formula is C27H35NO4. The minimum Gasteiger partial charge on any atom is -0.388 e. The summed E-state index contributed by atoms with van der Waals surface area (Å²) in [6.45, 7) is 7.95. The second-order valence-electron chi connectivity index (χ2n) is 11.7. The van der Waals surface area contributed by atoms with Crippen molar-refractivity contribution in [3.05, 3.63) is 47.2 Å². The van der Waals surface area contributed by atoms with Crippen molar-refractivity contribution in [2.24, 2.45) is 11.3 Å². The molecule has 5 heteroatoms. The number of rotatable bonds is 1.